The summed E-state index contributed by atoms with van der Waals surface area (Å²) in [4.78, 5) is 2.66. The van der Waals surface area contributed by atoms with Crippen molar-refractivity contribution in [3.05, 3.63) is 0 Å². The molecule has 3 rings (SSSR count). The quantitative estimate of drug-likeness (QED) is 0.784. The molecule has 116 valence electrons. The molecular formula is C17H32N2O. The Hall–Kier alpha value is -0.120. The maximum Gasteiger partial charge on any atom is 0.0611 e. The first-order valence-corrected chi connectivity index (χ1v) is 8.79. The van der Waals surface area contributed by atoms with Gasteiger partial charge in [-0.1, -0.05) is 19.3 Å². The Labute approximate surface area is 124 Å². The lowest BCUT2D eigenvalue weighted by Gasteiger charge is -2.42. The Balaban J connectivity index is 1.45. The van der Waals surface area contributed by atoms with Crippen molar-refractivity contribution in [1.29, 1.82) is 0 Å². The van der Waals surface area contributed by atoms with E-state index < -0.39 is 0 Å². The largest absolute Gasteiger partial charge is 0.394 e. The topological polar surface area (TPSA) is 35.5 Å². The molecule has 1 aliphatic heterocycles. The average molecular weight is 280 g/mol. The fourth-order valence-corrected chi connectivity index (χ4v) is 4.20. The zero-order valence-corrected chi connectivity index (χ0v) is 13.1. The number of likely N-dealkylation sites (tertiary alicyclic amines) is 1. The molecule has 0 aromatic carbocycles. The van der Waals surface area contributed by atoms with Crippen LogP contribution in [0, 0.1) is 11.8 Å². The molecule has 1 heterocycles. The third kappa shape index (κ3) is 3.75. The van der Waals surface area contributed by atoms with Crippen molar-refractivity contribution in [3.8, 4) is 0 Å². The molecule has 2 aliphatic carbocycles. The Morgan fingerprint density at radius 1 is 1.10 bits per heavy atom. The van der Waals surface area contributed by atoms with Gasteiger partial charge in [-0.25, -0.2) is 0 Å². The second kappa shape index (κ2) is 6.33. The normalized spacial score (nSPS) is 34.5. The van der Waals surface area contributed by atoms with Crippen LogP contribution in [0.5, 0.6) is 0 Å². The Morgan fingerprint density at radius 3 is 2.55 bits per heavy atom. The fraction of sp³-hybridized carbons (Fsp3) is 1.00. The monoisotopic (exact) mass is 280 g/mol. The van der Waals surface area contributed by atoms with E-state index in [0.717, 1.165) is 24.8 Å². The van der Waals surface area contributed by atoms with Gasteiger partial charge < -0.3 is 15.3 Å². The van der Waals surface area contributed by atoms with Crippen molar-refractivity contribution < 1.29 is 5.11 Å². The highest BCUT2D eigenvalue weighted by molar-refractivity contribution is 4.93. The van der Waals surface area contributed by atoms with Crippen LogP contribution in [0.4, 0.5) is 0 Å². The molecule has 0 aromatic rings. The third-order valence-corrected chi connectivity index (χ3v) is 5.83. The first-order valence-electron chi connectivity index (χ1n) is 8.79. The van der Waals surface area contributed by atoms with Crippen molar-refractivity contribution in [3.63, 3.8) is 0 Å². The van der Waals surface area contributed by atoms with Gasteiger partial charge in [0, 0.05) is 18.1 Å². The second-order valence-corrected chi connectivity index (χ2v) is 7.78. The minimum absolute atomic E-state index is 0.0649. The van der Waals surface area contributed by atoms with Crippen molar-refractivity contribution >= 4 is 0 Å². The SMILES string of the molecule is CC(CO)(CCN1CCC2CCCCC2C1)NC1CC1. The summed E-state index contributed by atoms with van der Waals surface area (Å²) in [6, 6.07) is 0.677. The van der Waals surface area contributed by atoms with E-state index in [9.17, 15) is 5.11 Å². The van der Waals surface area contributed by atoms with Gasteiger partial charge in [0.1, 0.15) is 0 Å². The number of nitrogens with one attached hydrogen (secondary N) is 1. The molecule has 0 radical (unpaired) electrons. The van der Waals surface area contributed by atoms with E-state index in [0.29, 0.717) is 6.04 Å². The van der Waals surface area contributed by atoms with Crippen molar-refractivity contribution in [2.75, 3.05) is 26.2 Å². The number of fused-ring (bicyclic) bond motifs is 1. The highest BCUT2D eigenvalue weighted by atomic mass is 16.3. The Kier molecular flexibility index (Phi) is 4.68. The number of aliphatic hydroxyl groups excluding tert-OH is 1. The van der Waals surface area contributed by atoms with E-state index in [1.54, 1.807) is 0 Å². The molecule has 3 aliphatic rings. The summed E-state index contributed by atoms with van der Waals surface area (Å²) < 4.78 is 0. The molecule has 0 bridgehead atoms. The number of rotatable bonds is 6. The van der Waals surface area contributed by atoms with Crippen LogP contribution >= 0.6 is 0 Å². The molecule has 3 fully saturated rings. The number of aliphatic hydroxyl groups is 1. The van der Waals surface area contributed by atoms with E-state index >= 15 is 0 Å². The van der Waals surface area contributed by atoms with Gasteiger partial charge in [0.2, 0.25) is 0 Å². The minimum Gasteiger partial charge on any atom is -0.394 e. The molecule has 0 aromatic heterocycles. The standard InChI is InChI=1S/C17H32N2O/c1-17(13-20,18-16-6-7-16)9-11-19-10-8-14-4-2-3-5-15(14)12-19/h14-16,18,20H,2-13H2,1H3. The number of nitrogens with zero attached hydrogens (tertiary/aromatic N) is 1. The van der Waals surface area contributed by atoms with E-state index in [4.69, 9.17) is 0 Å². The second-order valence-electron chi connectivity index (χ2n) is 7.78. The van der Waals surface area contributed by atoms with Crippen molar-refractivity contribution in [2.45, 2.75) is 69.9 Å². The lowest BCUT2D eigenvalue weighted by molar-refractivity contribution is 0.0724. The molecule has 2 saturated carbocycles. The first kappa shape index (κ1) is 14.8. The maximum atomic E-state index is 9.70. The summed E-state index contributed by atoms with van der Waals surface area (Å²) in [6.45, 7) is 6.21. The Morgan fingerprint density at radius 2 is 1.85 bits per heavy atom. The summed E-state index contributed by atoms with van der Waals surface area (Å²) in [7, 11) is 0. The molecule has 3 nitrogen and oxygen atoms in total. The molecule has 20 heavy (non-hydrogen) atoms. The molecular weight excluding hydrogens is 248 g/mol. The average Bonchev–Trinajstić information content (AvgIpc) is 3.29. The molecule has 3 unspecified atom stereocenters. The molecule has 3 heteroatoms. The van der Waals surface area contributed by atoms with E-state index in [-0.39, 0.29) is 12.1 Å². The fourth-order valence-electron chi connectivity index (χ4n) is 4.20. The van der Waals surface area contributed by atoms with E-state index in [2.05, 4.69) is 17.1 Å². The van der Waals surface area contributed by atoms with Gasteiger partial charge in [-0.05, 0) is 64.0 Å². The van der Waals surface area contributed by atoms with Crippen LogP contribution < -0.4 is 5.32 Å². The summed E-state index contributed by atoms with van der Waals surface area (Å²) in [5.74, 6) is 1.99. The van der Waals surface area contributed by atoms with Gasteiger partial charge in [0.15, 0.2) is 0 Å². The van der Waals surface area contributed by atoms with Crippen LogP contribution in [0.15, 0.2) is 0 Å². The van der Waals surface area contributed by atoms with Gasteiger partial charge in [-0.2, -0.15) is 0 Å². The zero-order chi connectivity index (χ0) is 14.0. The summed E-state index contributed by atoms with van der Waals surface area (Å²) >= 11 is 0. The van der Waals surface area contributed by atoms with Crippen molar-refractivity contribution in [1.82, 2.24) is 10.2 Å². The number of hydrogen-bond donors (Lipinski definition) is 2. The van der Waals surface area contributed by atoms with E-state index in [1.807, 2.05) is 0 Å². The third-order valence-electron chi connectivity index (χ3n) is 5.83. The lowest BCUT2D eigenvalue weighted by Crippen LogP contribution is -2.50. The minimum atomic E-state index is -0.0649. The van der Waals surface area contributed by atoms with Crippen LogP contribution in [0.25, 0.3) is 0 Å². The van der Waals surface area contributed by atoms with Crippen LogP contribution in [-0.4, -0.2) is 47.8 Å². The van der Waals surface area contributed by atoms with Crippen LogP contribution in [0.3, 0.4) is 0 Å². The number of hydrogen-bond acceptors (Lipinski definition) is 3. The summed E-state index contributed by atoms with van der Waals surface area (Å²) in [6.07, 6.45) is 10.9. The van der Waals surface area contributed by atoms with Crippen LogP contribution in [-0.2, 0) is 0 Å². The highest BCUT2D eigenvalue weighted by Gasteiger charge is 2.34. The summed E-state index contributed by atoms with van der Waals surface area (Å²) in [5, 5.41) is 13.3. The lowest BCUT2D eigenvalue weighted by atomic mass is 9.75. The van der Waals surface area contributed by atoms with Gasteiger partial charge in [0.25, 0.3) is 0 Å². The van der Waals surface area contributed by atoms with Crippen LogP contribution in [0.1, 0.15) is 58.3 Å². The van der Waals surface area contributed by atoms with Gasteiger partial charge >= 0.3 is 0 Å². The zero-order valence-electron chi connectivity index (χ0n) is 13.1. The molecule has 0 spiro atoms. The van der Waals surface area contributed by atoms with Gasteiger partial charge in [-0.15, -0.1) is 0 Å². The predicted octanol–water partition coefficient (Wildman–Crippen LogP) is 2.39. The van der Waals surface area contributed by atoms with E-state index in [1.165, 1.54) is 58.0 Å². The maximum absolute atomic E-state index is 9.70. The molecule has 2 N–H and O–H groups in total. The highest BCUT2D eigenvalue weighted by Crippen LogP contribution is 2.36. The van der Waals surface area contributed by atoms with Gasteiger partial charge in [0.05, 0.1) is 6.61 Å². The predicted molar refractivity (Wildman–Crippen MR) is 82.8 cm³/mol. The summed E-state index contributed by atoms with van der Waals surface area (Å²) in [5.41, 5.74) is -0.0649. The molecule has 3 atom stereocenters. The molecule has 0 amide bonds. The van der Waals surface area contributed by atoms with Gasteiger partial charge in [-0.3, -0.25) is 0 Å². The van der Waals surface area contributed by atoms with Crippen molar-refractivity contribution in [2.24, 2.45) is 11.8 Å². The first-order chi connectivity index (χ1) is 9.68. The molecule has 1 saturated heterocycles. The Bertz CT molecular complexity index is 318. The number of piperidine rings is 1. The smallest absolute Gasteiger partial charge is 0.0611 e. The van der Waals surface area contributed by atoms with Crippen LogP contribution in [0.2, 0.25) is 0 Å².